The molecule has 0 spiro atoms. The lowest BCUT2D eigenvalue weighted by Gasteiger charge is -2.21. The van der Waals surface area contributed by atoms with Crippen LogP contribution in [0, 0.1) is 0 Å². The zero-order valence-electron chi connectivity index (χ0n) is 15.6. The Hall–Kier alpha value is -1.79. The number of anilines is 1. The highest BCUT2D eigenvalue weighted by atomic mass is 35.5. The highest BCUT2D eigenvalue weighted by Gasteiger charge is 2.29. The summed E-state index contributed by atoms with van der Waals surface area (Å²) in [5.41, 5.74) is 0.605. The van der Waals surface area contributed by atoms with Crippen molar-refractivity contribution in [1.29, 1.82) is 0 Å². The van der Waals surface area contributed by atoms with E-state index in [0.717, 1.165) is 44.1 Å². The van der Waals surface area contributed by atoms with Crippen molar-refractivity contribution in [3.63, 3.8) is 0 Å². The van der Waals surface area contributed by atoms with Crippen LogP contribution in [-0.2, 0) is 9.53 Å². The predicted molar refractivity (Wildman–Crippen MR) is 107 cm³/mol. The molecule has 6 nitrogen and oxygen atoms in total. The smallest absolute Gasteiger partial charge is 0.224 e. The van der Waals surface area contributed by atoms with Gasteiger partial charge in [0.05, 0.1) is 12.1 Å². The first-order chi connectivity index (χ1) is 12.5. The van der Waals surface area contributed by atoms with Crippen molar-refractivity contribution < 1.29 is 9.53 Å². The van der Waals surface area contributed by atoms with Gasteiger partial charge in [0.1, 0.15) is 0 Å². The molecule has 1 unspecified atom stereocenters. The number of benzene rings is 1. The molecule has 144 valence electrons. The van der Waals surface area contributed by atoms with Crippen LogP contribution in [0.1, 0.15) is 39.5 Å². The average Bonchev–Trinajstić information content (AvgIpc) is 3.05. The lowest BCUT2D eigenvalue weighted by Crippen LogP contribution is -2.39. The van der Waals surface area contributed by atoms with Gasteiger partial charge in [-0.25, -0.2) is 0 Å². The highest BCUT2D eigenvalue weighted by Crippen LogP contribution is 2.24. The van der Waals surface area contributed by atoms with Gasteiger partial charge in [0.15, 0.2) is 5.96 Å². The summed E-state index contributed by atoms with van der Waals surface area (Å²) >= 11 is 5.84. The average molecular weight is 381 g/mol. The molecular weight excluding hydrogens is 352 g/mol. The van der Waals surface area contributed by atoms with Crippen molar-refractivity contribution in [2.75, 3.05) is 31.6 Å². The lowest BCUT2D eigenvalue weighted by atomic mass is 10.0. The summed E-state index contributed by atoms with van der Waals surface area (Å²) in [7, 11) is 0. The van der Waals surface area contributed by atoms with Crippen molar-refractivity contribution in [3.05, 3.63) is 29.3 Å². The highest BCUT2D eigenvalue weighted by molar-refractivity contribution is 6.30. The zero-order valence-corrected chi connectivity index (χ0v) is 16.4. The quantitative estimate of drug-likeness (QED) is 0.368. The number of carbonyl (C=O) groups excluding carboxylic acids is 1. The fraction of sp³-hybridized carbons (Fsp3) is 0.579. The Morgan fingerprint density at radius 1 is 1.31 bits per heavy atom. The van der Waals surface area contributed by atoms with Crippen molar-refractivity contribution >= 4 is 29.2 Å². The van der Waals surface area contributed by atoms with Crippen LogP contribution in [-0.4, -0.2) is 43.7 Å². The van der Waals surface area contributed by atoms with Gasteiger partial charge >= 0.3 is 0 Å². The molecule has 2 rings (SSSR count). The standard InChI is InChI=1S/C19H29ClN4O2/c1-3-21-18(23-14-19(2)11-5-13-26-19)22-12-4-6-17(25)24-16-9-7-15(20)8-10-16/h7-10H,3-6,11-14H2,1-2H3,(H,24,25)(H2,21,22,23). The third-order valence-electron chi connectivity index (χ3n) is 4.22. The monoisotopic (exact) mass is 380 g/mol. The van der Waals surface area contributed by atoms with E-state index in [2.05, 4.69) is 27.9 Å². The number of guanidine groups is 1. The van der Waals surface area contributed by atoms with E-state index in [9.17, 15) is 4.79 Å². The normalized spacial score (nSPS) is 20.0. The number of halogens is 1. The number of nitrogens with one attached hydrogen (secondary N) is 3. The van der Waals surface area contributed by atoms with Crippen LogP contribution in [0.4, 0.5) is 5.69 Å². The maximum atomic E-state index is 12.0. The molecule has 0 saturated carbocycles. The van der Waals surface area contributed by atoms with E-state index in [1.165, 1.54) is 0 Å². The Labute approximate surface area is 160 Å². The largest absolute Gasteiger partial charge is 0.373 e. The van der Waals surface area contributed by atoms with Crippen molar-refractivity contribution in [2.45, 2.75) is 45.1 Å². The molecule has 3 N–H and O–H groups in total. The summed E-state index contributed by atoms with van der Waals surface area (Å²) in [5, 5.41) is 10.0. The van der Waals surface area contributed by atoms with Gasteiger partial charge in [0.2, 0.25) is 5.91 Å². The van der Waals surface area contributed by atoms with Crippen LogP contribution in [0.5, 0.6) is 0 Å². The Kier molecular flexibility index (Phi) is 8.19. The fourth-order valence-corrected chi connectivity index (χ4v) is 2.89. The van der Waals surface area contributed by atoms with Crippen LogP contribution in [0.15, 0.2) is 29.3 Å². The second-order valence-electron chi connectivity index (χ2n) is 6.68. The Bertz CT molecular complexity index is 598. The summed E-state index contributed by atoms with van der Waals surface area (Å²) < 4.78 is 5.77. The zero-order chi connectivity index (χ0) is 18.8. The number of carbonyl (C=O) groups is 1. The van der Waals surface area contributed by atoms with E-state index in [0.29, 0.717) is 24.5 Å². The first-order valence-corrected chi connectivity index (χ1v) is 9.60. The van der Waals surface area contributed by atoms with Crippen LogP contribution in [0.3, 0.4) is 0 Å². The molecule has 1 atom stereocenters. The number of hydrogen-bond donors (Lipinski definition) is 3. The molecule has 1 aliphatic rings. The topological polar surface area (TPSA) is 74.8 Å². The molecule has 7 heteroatoms. The van der Waals surface area contributed by atoms with Gasteiger partial charge in [-0.15, -0.1) is 0 Å². The molecule has 1 saturated heterocycles. The number of aliphatic imine (C=N–C) groups is 1. The summed E-state index contributed by atoms with van der Waals surface area (Å²) in [6.45, 7) is 7.06. The van der Waals surface area contributed by atoms with Crippen molar-refractivity contribution in [2.24, 2.45) is 4.99 Å². The van der Waals surface area contributed by atoms with E-state index in [1.807, 2.05) is 6.92 Å². The Morgan fingerprint density at radius 3 is 2.73 bits per heavy atom. The molecule has 1 aromatic rings. The van der Waals surface area contributed by atoms with Gasteiger partial charge in [0.25, 0.3) is 0 Å². The first kappa shape index (κ1) is 20.5. The summed E-state index contributed by atoms with van der Waals surface area (Å²) in [5.74, 6) is 0.755. The molecule has 0 radical (unpaired) electrons. The number of rotatable bonds is 8. The van der Waals surface area contributed by atoms with Gasteiger partial charge in [0, 0.05) is 36.8 Å². The van der Waals surface area contributed by atoms with Crippen LogP contribution >= 0.6 is 11.6 Å². The SMILES string of the molecule is CCNC(=NCC1(C)CCCO1)NCCCC(=O)Nc1ccc(Cl)cc1. The van der Waals surface area contributed by atoms with E-state index in [4.69, 9.17) is 16.3 Å². The van der Waals surface area contributed by atoms with Gasteiger partial charge in [-0.1, -0.05) is 11.6 Å². The number of ether oxygens (including phenoxy) is 1. The van der Waals surface area contributed by atoms with Crippen molar-refractivity contribution in [1.82, 2.24) is 10.6 Å². The Balaban J connectivity index is 1.69. The van der Waals surface area contributed by atoms with Crippen LogP contribution in [0.25, 0.3) is 0 Å². The Morgan fingerprint density at radius 2 is 2.08 bits per heavy atom. The molecular formula is C19H29ClN4O2. The van der Waals surface area contributed by atoms with Crippen LogP contribution < -0.4 is 16.0 Å². The lowest BCUT2D eigenvalue weighted by molar-refractivity contribution is -0.116. The van der Waals surface area contributed by atoms with E-state index in [1.54, 1.807) is 24.3 Å². The fourth-order valence-electron chi connectivity index (χ4n) is 2.76. The molecule has 0 aromatic heterocycles. The van der Waals surface area contributed by atoms with Crippen molar-refractivity contribution in [3.8, 4) is 0 Å². The van der Waals surface area contributed by atoms with Crippen LogP contribution in [0.2, 0.25) is 5.02 Å². The molecule has 1 aliphatic heterocycles. The maximum Gasteiger partial charge on any atom is 0.224 e. The number of amides is 1. The summed E-state index contributed by atoms with van der Waals surface area (Å²) in [4.78, 5) is 16.6. The first-order valence-electron chi connectivity index (χ1n) is 9.22. The summed E-state index contributed by atoms with van der Waals surface area (Å²) in [6, 6.07) is 7.10. The third-order valence-corrected chi connectivity index (χ3v) is 4.47. The molecule has 1 aromatic carbocycles. The predicted octanol–water partition coefficient (Wildman–Crippen LogP) is 3.18. The van der Waals surface area contributed by atoms with Gasteiger partial charge in [-0.3, -0.25) is 9.79 Å². The van der Waals surface area contributed by atoms with E-state index >= 15 is 0 Å². The number of nitrogens with zero attached hydrogens (tertiary/aromatic N) is 1. The summed E-state index contributed by atoms with van der Waals surface area (Å²) in [6.07, 6.45) is 3.30. The molecule has 0 bridgehead atoms. The molecule has 26 heavy (non-hydrogen) atoms. The maximum absolute atomic E-state index is 12.0. The minimum Gasteiger partial charge on any atom is -0.373 e. The second kappa shape index (κ2) is 10.4. The van der Waals surface area contributed by atoms with Gasteiger partial charge < -0.3 is 20.7 Å². The molecule has 1 heterocycles. The minimum absolute atomic E-state index is 0.0112. The van der Waals surface area contributed by atoms with E-state index in [-0.39, 0.29) is 11.5 Å². The van der Waals surface area contributed by atoms with Gasteiger partial charge in [-0.2, -0.15) is 0 Å². The third kappa shape index (κ3) is 7.22. The van der Waals surface area contributed by atoms with E-state index < -0.39 is 0 Å². The molecule has 0 aliphatic carbocycles. The van der Waals surface area contributed by atoms with Gasteiger partial charge in [-0.05, 0) is 57.4 Å². The minimum atomic E-state index is -0.152. The number of hydrogen-bond acceptors (Lipinski definition) is 3. The molecule has 1 amide bonds. The second-order valence-corrected chi connectivity index (χ2v) is 7.12. The molecule has 1 fully saturated rings.